The van der Waals surface area contributed by atoms with Crippen molar-refractivity contribution < 1.29 is 9.66 Å². The number of azo groups is 1. The molecule has 0 saturated carbocycles. The summed E-state index contributed by atoms with van der Waals surface area (Å²) in [6.07, 6.45) is 2.47. The zero-order valence-corrected chi connectivity index (χ0v) is 10.00. The van der Waals surface area contributed by atoms with Crippen LogP contribution in [0.25, 0.3) is 0 Å². The van der Waals surface area contributed by atoms with Crippen molar-refractivity contribution in [1.82, 2.24) is 0 Å². The van der Waals surface area contributed by atoms with Gasteiger partial charge in [-0.1, -0.05) is 6.92 Å². The Balaban J connectivity index is 2.09. The average molecular weight is 247 g/mol. The first-order valence-corrected chi connectivity index (χ1v) is 5.67. The van der Waals surface area contributed by atoms with Crippen LogP contribution in [0.1, 0.15) is 12.5 Å². The van der Waals surface area contributed by atoms with E-state index >= 15 is 0 Å². The third-order valence-electron chi connectivity index (χ3n) is 2.62. The summed E-state index contributed by atoms with van der Waals surface area (Å²) in [4.78, 5) is 10.4. The first-order chi connectivity index (χ1) is 8.70. The molecule has 0 amide bonds. The molecule has 94 valence electrons. The van der Waals surface area contributed by atoms with Crippen LogP contribution in [0.4, 0.5) is 5.69 Å². The van der Waals surface area contributed by atoms with Crippen LogP contribution in [0.2, 0.25) is 0 Å². The van der Waals surface area contributed by atoms with Gasteiger partial charge in [0.1, 0.15) is 12.4 Å². The van der Waals surface area contributed by atoms with E-state index in [1.165, 1.54) is 6.07 Å². The normalized spacial score (nSPS) is 13.5. The highest BCUT2D eigenvalue weighted by molar-refractivity contribution is 5.45. The van der Waals surface area contributed by atoms with Crippen molar-refractivity contribution in [3.05, 3.63) is 45.6 Å². The zero-order valence-electron chi connectivity index (χ0n) is 10.00. The minimum Gasteiger partial charge on any atom is -0.487 e. The van der Waals surface area contributed by atoms with Gasteiger partial charge in [0.15, 0.2) is 0 Å². The van der Waals surface area contributed by atoms with E-state index in [0.29, 0.717) is 30.9 Å². The van der Waals surface area contributed by atoms with Crippen molar-refractivity contribution >= 4 is 5.69 Å². The van der Waals surface area contributed by atoms with E-state index in [4.69, 9.17) is 4.74 Å². The summed E-state index contributed by atoms with van der Waals surface area (Å²) >= 11 is 0. The maximum absolute atomic E-state index is 10.8. The number of benzene rings is 1. The Hall–Kier alpha value is -2.24. The second-order valence-corrected chi connectivity index (χ2v) is 3.81. The molecule has 6 heteroatoms. The Bertz CT molecular complexity index is 523. The molecule has 0 bridgehead atoms. The highest BCUT2D eigenvalue weighted by Gasteiger charge is 2.13. The van der Waals surface area contributed by atoms with Crippen LogP contribution >= 0.6 is 0 Å². The van der Waals surface area contributed by atoms with Crippen molar-refractivity contribution in [1.29, 1.82) is 0 Å². The SMILES string of the molecule is CCc1cc(OCC2=CCN=N2)ccc1[N+](=O)[O-]. The Labute approximate surface area is 104 Å². The zero-order chi connectivity index (χ0) is 13.0. The summed E-state index contributed by atoms with van der Waals surface area (Å²) in [5.74, 6) is 0.612. The van der Waals surface area contributed by atoms with Crippen LogP contribution in [0.3, 0.4) is 0 Å². The van der Waals surface area contributed by atoms with E-state index < -0.39 is 0 Å². The van der Waals surface area contributed by atoms with E-state index in [2.05, 4.69) is 10.2 Å². The molecule has 6 nitrogen and oxygen atoms in total. The molecule has 0 aromatic heterocycles. The number of hydrogen-bond acceptors (Lipinski definition) is 5. The molecule has 0 aliphatic carbocycles. The number of aryl methyl sites for hydroxylation is 1. The summed E-state index contributed by atoms with van der Waals surface area (Å²) in [6, 6.07) is 4.77. The van der Waals surface area contributed by atoms with Crippen LogP contribution in [-0.4, -0.2) is 18.1 Å². The van der Waals surface area contributed by atoms with Crippen molar-refractivity contribution in [2.45, 2.75) is 13.3 Å². The van der Waals surface area contributed by atoms with E-state index in [9.17, 15) is 10.1 Å². The summed E-state index contributed by atoms with van der Waals surface area (Å²) in [6.45, 7) is 2.81. The van der Waals surface area contributed by atoms with E-state index in [0.717, 1.165) is 5.70 Å². The van der Waals surface area contributed by atoms with Gasteiger partial charge in [0, 0.05) is 11.6 Å². The standard InChI is InChI=1S/C12H13N3O3/c1-2-9-7-11(3-4-12(9)15(16)17)18-8-10-5-6-13-14-10/h3-5,7H,2,6,8H2,1H3. The van der Waals surface area contributed by atoms with Crippen molar-refractivity contribution in [3.8, 4) is 5.75 Å². The largest absolute Gasteiger partial charge is 0.487 e. The number of nitrogens with zero attached hydrogens (tertiary/aromatic N) is 3. The first kappa shape index (κ1) is 12.2. The molecule has 1 heterocycles. The van der Waals surface area contributed by atoms with Crippen LogP contribution < -0.4 is 4.74 Å². The van der Waals surface area contributed by atoms with E-state index in [-0.39, 0.29) is 10.6 Å². The topological polar surface area (TPSA) is 77.1 Å². The monoisotopic (exact) mass is 247 g/mol. The Morgan fingerprint density at radius 3 is 2.94 bits per heavy atom. The second-order valence-electron chi connectivity index (χ2n) is 3.81. The molecule has 18 heavy (non-hydrogen) atoms. The second kappa shape index (κ2) is 5.39. The Kier molecular flexibility index (Phi) is 3.66. The molecule has 0 saturated heterocycles. The molecule has 0 unspecified atom stereocenters. The lowest BCUT2D eigenvalue weighted by atomic mass is 10.1. The molecule has 0 spiro atoms. The lowest BCUT2D eigenvalue weighted by Crippen LogP contribution is -2.00. The molecule has 1 aromatic carbocycles. The molecule has 1 aliphatic heterocycles. The van der Waals surface area contributed by atoms with Gasteiger partial charge in [-0.25, -0.2) is 0 Å². The molecule has 0 atom stereocenters. The molecular formula is C12H13N3O3. The third kappa shape index (κ3) is 2.71. The third-order valence-corrected chi connectivity index (χ3v) is 2.62. The average Bonchev–Trinajstić information content (AvgIpc) is 2.88. The number of nitro groups is 1. The number of nitro benzene ring substituents is 1. The first-order valence-electron chi connectivity index (χ1n) is 5.67. The van der Waals surface area contributed by atoms with Gasteiger partial charge in [-0.2, -0.15) is 10.2 Å². The fourth-order valence-corrected chi connectivity index (χ4v) is 1.68. The summed E-state index contributed by atoms with van der Waals surface area (Å²) in [7, 11) is 0. The predicted octanol–water partition coefficient (Wildman–Crippen LogP) is 2.89. The molecule has 1 aromatic rings. The van der Waals surface area contributed by atoms with E-state index in [1.807, 2.05) is 13.0 Å². The molecule has 0 fully saturated rings. The predicted molar refractivity (Wildman–Crippen MR) is 65.8 cm³/mol. The van der Waals surface area contributed by atoms with Gasteiger partial charge in [-0.15, -0.1) is 0 Å². The van der Waals surface area contributed by atoms with Gasteiger partial charge in [0.05, 0.1) is 17.2 Å². The maximum atomic E-state index is 10.8. The lowest BCUT2D eigenvalue weighted by molar-refractivity contribution is -0.385. The van der Waals surface area contributed by atoms with Crippen molar-refractivity contribution in [2.75, 3.05) is 13.2 Å². The molecule has 2 rings (SSSR count). The van der Waals surface area contributed by atoms with Gasteiger partial charge in [0.25, 0.3) is 5.69 Å². The number of hydrogen-bond donors (Lipinski definition) is 0. The Morgan fingerprint density at radius 2 is 2.33 bits per heavy atom. The fourth-order valence-electron chi connectivity index (χ4n) is 1.68. The van der Waals surface area contributed by atoms with Crippen molar-refractivity contribution in [2.24, 2.45) is 10.2 Å². The summed E-state index contributed by atoms with van der Waals surface area (Å²) in [5, 5.41) is 18.5. The molecule has 0 radical (unpaired) electrons. The fraction of sp³-hybridized carbons (Fsp3) is 0.333. The smallest absolute Gasteiger partial charge is 0.272 e. The van der Waals surface area contributed by atoms with Gasteiger partial charge in [0.2, 0.25) is 0 Å². The van der Waals surface area contributed by atoms with Crippen LogP contribution in [0.5, 0.6) is 5.75 Å². The van der Waals surface area contributed by atoms with Crippen LogP contribution in [-0.2, 0) is 6.42 Å². The quantitative estimate of drug-likeness (QED) is 0.592. The maximum Gasteiger partial charge on any atom is 0.272 e. The summed E-state index contributed by atoms with van der Waals surface area (Å²) in [5.41, 5.74) is 1.58. The highest BCUT2D eigenvalue weighted by atomic mass is 16.6. The van der Waals surface area contributed by atoms with Crippen molar-refractivity contribution in [3.63, 3.8) is 0 Å². The number of ether oxygens (including phenoxy) is 1. The minimum atomic E-state index is -0.379. The van der Waals surface area contributed by atoms with E-state index in [1.54, 1.807) is 12.1 Å². The van der Waals surface area contributed by atoms with Crippen LogP contribution in [0, 0.1) is 10.1 Å². The van der Waals surface area contributed by atoms with Gasteiger partial charge >= 0.3 is 0 Å². The van der Waals surface area contributed by atoms with Gasteiger partial charge in [-0.3, -0.25) is 10.1 Å². The van der Waals surface area contributed by atoms with Crippen LogP contribution in [0.15, 0.2) is 40.2 Å². The lowest BCUT2D eigenvalue weighted by Gasteiger charge is -2.07. The molecule has 1 aliphatic rings. The highest BCUT2D eigenvalue weighted by Crippen LogP contribution is 2.25. The Morgan fingerprint density at radius 1 is 1.50 bits per heavy atom. The molecule has 0 N–H and O–H groups in total. The number of rotatable bonds is 5. The molecular weight excluding hydrogens is 234 g/mol. The summed E-state index contributed by atoms with van der Waals surface area (Å²) < 4.78 is 5.52. The minimum absolute atomic E-state index is 0.129. The van der Waals surface area contributed by atoms with Gasteiger partial charge in [-0.05, 0) is 24.6 Å². The van der Waals surface area contributed by atoms with Gasteiger partial charge < -0.3 is 4.74 Å².